The maximum Gasteiger partial charge on any atom is 0.212 e. The minimum atomic E-state index is -0.209. The molecule has 2 heterocycles. The molecule has 17 heavy (non-hydrogen) atoms. The molecule has 0 aromatic carbocycles. The molecule has 0 spiro atoms. The zero-order chi connectivity index (χ0) is 12.6. The largest absolute Gasteiger partial charge is 0.296 e. The molecule has 0 atom stereocenters. The van der Waals surface area contributed by atoms with E-state index < -0.39 is 0 Å². The molecule has 2 aromatic rings. The number of aryl methyl sites for hydroxylation is 1. The van der Waals surface area contributed by atoms with Crippen LogP contribution in [0, 0.1) is 6.92 Å². The lowest BCUT2D eigenvalue weighted by Gasteiger charge is -2.18. The fraction of sp³-hybridized carbons (Fsp3) is 0.455. The predicted molar refractivity (Wildman–Crippen MR) is 65.9 cm³/mol. The van der Waals surface area contributed by atoms with Crippen LogP contribution >= 0.6 is 11.3 Å². The number of aromatic nitrogens is 4. The summed E-state index contributed by atoms with van der Waals surface area (Å²) in [5.41, 5.74) is 1.90. The molecule has 0 aliphatic carbocycles. The van der Waals surface area contributed by atoms with E-state index in [9.17, 15) is 4.79 Å². The number of nitrogens with zero attached hydrogens (tertiary/aromatic N) is 4. The van der Waals surface area contributed by atoms with E-state index in [1.165, 1.54) is 11.3 Å². The van der Waals surface area contributed by atoms with Crippen molar-refractivity contribution in [3.8, 4) is 5.13 Å². The van der Waals surface area contributed by atoms with E-state index in [0.29, 0.717) is 5.69 Å². The first-order chi connectivity index (χ1) is 7.93. The molecule has 0 bridgehead atoms. The summed E-state index contributed by atoms with van der Waals surface area (Å²) in [5, 5.41) is 10.6. The molecule has 0 saturated carbocycles. The normalized spacial score (nSPS) is 11.8. The third-order valence-corrected chi connectivity index (χ3v) is 3.24. The standard InChI is InChI=1S/C11H14N4OS/c1-7-6-17-10(12-7)15-9(11(2,3)4)8(5-16)13-14-15/h5-6H,1-4H3. The van der Waals surface area contributed by atoms with Crippen molar-refractivity contribution in [2.24, 2.45) is 0 Å². The first kappa shape index (κ1) is 11.9. The van der Waals surface area contributed by atoms with Gasteiger partial charge in [-0.1, -0.05) is 26.0 Å². The summed E-state index contributed by atoms with van der Waals surface area (Å²) >= 11 is 1.49. The van der Waals surface area contributed by atoms with Gasteiger partial charge in [-0.3, -0.25) is 4.79 Å². The lowest BCUT2D eigenvalue weighted by molar-refractivity contribution is 0.111. The second kappa shape index (κ2) is 4.03. The van der Waals surface area contributed by atoms with Crippen LogP contribution in [0.1, 0.15) is 42.6 Å². The van der Waals surface area contributed by atoms with Crippen molar-refractivity contribution in [3.05, 3.63) is 22.5 Å². The SMILES string of the molecule is Cc1csc(-n2nnc(C=O)c2C(C)(C)C)n1. The first-order valence-corrected chi connectivity index (χ1v) is 6.15. The molecule has 0 amide bonds. The molecule has 5 nitrogen and oxygen atoms in total. The summed E-state index contributed by atoms with van der Waals surface area (Å²) in [5.74, 6) is 0. The van der Waals surface area contributed by atoms with E-state index in [-0.39, 0.29) is 5.41 Å². The Morgan fingerprint density at radius 3 is 2.59 bits per heavy atom. The highest BCUT2D eigenvalue weighted by Crippen LogP contribution is 2.27. The molecule has 0 fully saturated rings. The van der Waals surface area contributed by atoms with E-state index >= 15 is 0 Å². The van der Waals surface area contributed by atoms with Crippen LogP contribution in [0.4, 0.5) is 0 Å². The fourth-order valence-corrected chi connectivity index (χ4v) is 2.40. The lowest BCUT2D eigenvalue weighted by Crippen LogP contribution is -2.19. The molecule has 0 aliphatic rings. The van der Waals surface area contributed by atoms with E-state index in [0.717, 1.165) is 22.8 Å². The molecule has 90 valence electrons. The van der Waals surface area contributed by atoms with Crippen molar-refractivity contribution in [1.82, 2.24) is 20.0 Å². The number of carbonyl (C=O) groups is 1. The third kappa shape index (κ3) is 2.12. The highest BCUT2D eigenvalue weighted by molar-refractivity contribution is 7.12. The highest BCUT2D eigenvalue weighted by Gasteiger charge is 2.26. The highest BCUT2D eigenvalue weighted by atomic mass is 32.1. The number of rotatable bonds is 2. The first-order valence-electron chi connectivity index (χ1n) is 5.27. The zero-order valence-corrected chi connectivity index (χ0v) is 11.1. The maximum absolute atomic E-state index is 11.0. The zero-order valence-electron chi connectivity index (χ0n) is 10.3. The van der Waals surface area contributed by atoms with Crippen molar-refractivity contribution in [3.63, 3.8) is 0 Å². The minimum absolute atomic E-state index is 0.209. The molecule has 0 unspecified atom stereocenters. The maximum atomic E-state index is 11.0. The molecular formula is C11H14N4OS. The van der Waals surface area contributed by atoms with Gasteiger partial charge in [0.25, 0.3) is 0 Å². The minimum Gasteiger partial charge on any atom is -0.296 e. The third-order valence-electron chi connectivity index (χ3n) is 2.31. The van der Waals surface area contributed by atoms with Crippen molar-refractivity contribution in [2.45, 2.75) is 33.1 Å². The Morgan fingerprint density at radius 1 is 1.41 bits per heavy atom. The van der Waals surface area contributed by atoms with Crippen molar-refractivity contribution in [1.29, 1.82) is 0 Å². The Morgan fingerprint density at radius 2 is 2.12 bits per heavy atom. The average molecular weight is 250 g/mol. The van der Waals surface area contributed by atoms with Gasteiger partial charge < -0.3 is 0 Å². The Bertz CT molecular complexity index is 550. The van der Waals surface area contributed by atoms with Gasteiger partial charge in [0, 0.05) is 10.8 Å². The van der Waals surface area contributed by atoms with Crippen LogP contribution in [-0.2, 0) is 5.41 Å². The van der Waals surface area contributed by atoms with Gasteiger partial charge in [-0.15, -0.1) is 16.4 Å². The van der Waals surface area contributed by atoms with E-state index in [2.05, 4.69) is 15.3 Å². The molecule has 0 saturated heterocycles. The van der Waals surface area contributed by atoms with Gasteiger partial charge in [-0.05, 0) is 6.92 Å². The Kier molecular flexibility index (Phi) is 2.82. The number of thiazole rings is 1. The Hall–Kier alpha value is -1.56. The van der Waals surface area contributed by atoms with Gasteiger partial charge in [-0.25, -0.2) is 4.98 Å². The smallest absolute Gasteiger partial charge is 0.212 e. The quantitative estimate of drug-likeness (QED) is 0.766. The summed E-state index contributed by atoms with van der Waals surface area (Å²) in [6.07, 6.45) is 0.741. The number of carbonyl (C=O) groups excluding carboxylic acids is 1. The number of hydrogen-bond donors (Lipinski definition) is 0. The monoisotopic (exact) mass is 250 g/mol. The van der Waals surface area contributed by atoms with Crippen LogP contribution in [0.2, 0.25) is 0 Å². The van der Waals surface area contributed by atoms with Gasteiger partial charge in [0.1, 0.15) is 5.69 Å². The second-order valence-electron chi connectivity index (χ2n) is 4.87. The van der Waals surface area contributed by atoms with E-state index in [1.807, 2.05) is 33.1 Å². The van der Waals surface area contributed by atoms with Crippen molar-refractivity contribution < 1.29 is 4.79 Å². The second-order valence-corrected chi connectivity index (χ2v) is 5.71. The van der Waals surface area contributed by atoms with E-state index in [4.69, 9.17) is 0 Å². The van der Waals surface area contributed by atoms with Gasteiger partial charge >= 0.3 is 0 Å². The van der Waals surface area contributed by atoms with Crippen LogP contribution in [0.25, 0.3) is 5.13 Å². The Balaban J connectivity index is 2.63. The molecule has 6 heteroatoms. The van der Waals surface area contributed by atoms with Gasteiger partial charge in [-0.2, -0.15) is 4.68 Å². The van der Waals surface area contributed by atoms with Crippen LogP contribution in [-0.4, -0.2) is 26.3 Å². The molecule has 0 N–H and O–H groups in total. The topological polar surface area (TPSA) is 60.7 Å². The summed E-state index contributed by atoms with van der Waals surface area (Å²) in [6, 6.07) is 0. The molecule has 2 aromatic heterocycles. The van der Waals surface area contributed by atoms with Crippen LogP contribution in [0.15, 0.2) is 5.38 Å². The van der Waals surface area contributed by atoms with Gasteiger partial charge in [0.2, 0.25) is 5.13 Å². The van der Waals surface area contributed by atoms with Gasteiger partial charge in [0.05, 0.1) is 11.4 Å². The Labute approximate surface area is 103 Å². The number of hydrogen-bond acceptors (Lipinski definition) is 5. The predicted octanol–water partition coefficient (Wildman–Crippen LogP) is 2.14. The molecule has 0 aliphatic heterocycles. The summed E-state index contributed by atoms with van der Waals surface area (Å²) in [7, 11) is 0. The summed E-state index contributed by atoms with van der Waals surface area (Å²) in [6.45, 7) is 8.00. The van der Waals surface area contributed by atoms with Crippen molar-refractivity contribution >= 4 is 17.6 Å². The van der Waals surface area contributed by atoms with Crippen LogP contribution in [0.5, 0.6) is 0 Å². The lowest BCUT2D eigenvalue weighted by atomic mass is 9.90. The van der Waals surface area contributed by atoms with E-state index in [1.54, 1.807) is 4.68 Å². The molecule has 0 radical (unpaired) electrons. The van der Waals surface area contributed by atoms with Crippen molar-refractivity contribution in [2.75, 3.05) is 0 Å². The summed E-state index contributed by atoms with van der Waals surface area (Å²) < 4.78 is 1.65. The molecule has 2 rings (SSSR count). The fourth-order valence-electron chi connectivity index (χ4n) is 1.65. The van der Waals surface area contributed by atoms with Gasteiger partial charge in [0.15, 0.2) is 6.29 Å². The van der Waals surface area contributed by atoms with Crippen LogP contribution < -0.4 is 0 Å². The number of aldehydes is 1. The summed E-state index contributed by atoms with van der Waals surface area (Å²) in [4.78, 5) is 15.4. The van der Waals surface area contributed by atoms with Crippen LogP contribution in [0.3, 0.4) is 0 Å². The molecular weight excluding hydrogens is 236 g/mol. The average Bonchev–Trinajstić information content (AvgIpc) is 2.81.